The Morgan fingerprint density at radius 1 is 1.35 bits per heavy atom. The summed E-state index contributed by atoms with van der Waals surface area (Å²) >= 11 is 0. The third-order valence-corrected chi connectivity index (χ3v) is 4.49. The van der Waals surface area contributed by atoms with Crippen molar-refractivity contribution in [3.63, 3.8) is 0 Å². The Bertz CT molecular complexity index is 560. The molecular formula is C17H27N3O3. The molecule has 1 aromatic heterocycles. The van der Waals surface area contributed by atoms with E-state index in [0.717, 1.165) is 12.2 Å². The molecule has 0 radical (unpaired) electrons. The van der Waals surface area contributed by atoms with Crippen molar-refractivity contribution in [1.82, 2.24) is 14.9 Å². The van der Waals surface area contributed by atoms with Gasteiger partial charge in [-0.3, -0.25) is 0 Å². The molecule has 2 aliphatic carbocycles. The highest BCUT2D eigenvalue weighted by molar-refractivity contribution is 5.68. The molecule has 1 aromatic rings. The average molecular weight is 321 g/mol. The van der Waals surface area contributed by atoms with E-state index in [1.165, 1.54) is 12.8 Å². The van der Waals surface area contributed by atoms with Crippen LogP contribution in [0.3, 0.4) is 0 Å². The highest BCUT2D eigenvalue weighted by Gasteiger charge is 2.36. The molecule has 2 aliphatic rings. The summed E-state index contributed by atoms with van der Waals surface area (Å²) in [5.74, 6) is 1.62. The highest BCUT2D eigenvalue weighted by atomic mass is 16.6. The van der Waals surface area contributed by atoms with Crippen LogP contribution in [0.25, 0.3) is 0 Å². The molecule has 0 spiro atoms. The zero-order valence-electron chi connectivity index (χ0n) is 14.2. The molecule has 0 saturated heterocycles. The molecule has 3 rings (SSSR count). The molecule has 6 heteroatoms. The van der Waals surface area contributed by atoms with E-state index in [2.05, 4.69) is 14.9 Å². The van der Waals surface area contributed by atoms with Crippen molar-refractivity contribution in [3.05, 3.63) is 18.2 Å². The minimum absolute atomic E-state index is 0.0318. The Balaban J connectivity index is 1.74. The topological polar surface area (TPSA) is 76.4 Å². The average Bonchev–Trinajstić information content (AvgIpc) is 3.16. The lowest BCUT2D eigenvalue weighted by Gasteiger charge is -2.36. The summed E-state index contributed by atoms with van der Waals surface area (Å²) in [6, 6.07) is -0.00989. The van der Waals surface area contributed by atoms with Gasteiger partial charge in [0.25, 0.3) is 0 Å². The number of aliphatic hydroxyl groups is 1. The molecule has 1 heterocycles. The summed E-state index contributed by atoms with van der Waals surface area (Å²) in [7, 11) is 0. The Hall–Kier alpha value is -1.56. The van der Waals surface area contributed by atoms with E-state index in [0.29, 0.717) is 18.8 Å². The van der Waals surface area contributed by atoms with Crippen molar-refractivity contribution in [2.45, 2.75) is 82.6 Å². The third kappa shape index (κ3) is 4.05. The Morgan fingerprint density at radius 2 is 2.09 bits per heavy atom. The molecular weight excluding hydrogens is 294 g/mol. The molecule has 2 saturated carbocycles. The number of imidazole rings is 1. The van der Waals surface area contributed by atoms with Crippen LogP contribution in [0.4, 0.5) is 4.79 Å². The first-order valence-corrected chi connectivity index (χ1v) is 8.54. The summed E-state index contributed by atoms with van der Waals surface area (Å²) in [5, 5.41) is 13.1. The number of nitrogens with zero attached hydrogens (tertiary/aromatic N) is 2. The minimum Gasteiger partial charge on any atom is -0.444 e. The van der Waals surface area contributed by atoms with Gasteiger partial charge in [0.15, 0.2) is 0 Å². The van der Waals surface area contributed by atoms with Crippen molar-refractivity contribution < 1.29 is 14.6 Å². The fourth-order valence-corrected chi connectivity index (χ4v) is 3.32. The summed E-state index contributed by atoms with van der Waals surface area (Å²) < 4.78 is 7.54. The number of ether oxygens (including phenoxy) is 1. The van der Waals surface area contributed by atoms with Gasteiger partial charge in [-0.05, 0) is 52.9 Å². The number of carbonyl (C=O) groups is 1. The zero-order valence-corrected chi connectivity index (χ0v) is 14.2. The fourth-order valence-electron chi connectivity index (χ4n) is 3.32. The lowest BCUT2D eigenvalue weighted by molar-refractivity contribution is 0.0395. The number of aliphatic hydroxyl groups excluding tert-OH is 1. The summed E-state index contributed by atoms with van der Waals surface area (Å²) in [6.45, 7) is 5.57. The standard InChI is InChI=1S/C17H27N3O3/c1-17(2,3)23-16(22)19-13-7-6-12(21)10-14(13)20-9-8-18-15(20)11-4-5-11/h8-9,11-14,21H,4-7,10H2,1-3H3,(H,19,22). The SMILES string of the molecule is CC(C)(C)OC(=O)NC1CCC(O)CC1n1ccnc1C1CC1. The predicted molar refractivity (Wildman–Crippen MR) is 86.3 cm³/mol. The molecule has 3 atom stereocenters. The first-order chi connectivity index (χ1) is 10.8. The second-order valence-corrected chi connectivity index (χ2v) is 7.75. The van der Waals surface area contributed by atoms with Crippen LogP contribution >= 0.6 is 0 Å². The van der Waals surface area contributed by atoms with Crippen LogP contribution < -0.4 is 5.32 Å². The van der Waals surface area contributed by atoms with Gasteiger partial charge in [-0.1, -0.05) is 0 Å². The van der Waals surface area contributed by atoms with Crippen LogP contribution in [0.5, 0.6) is 0 Å². The first kappa shape index (κ1) is 16.3. The number of aromatic nitrogens is 2. The lowest BCUT2D eigenvalue weighted by atomic mass is 9.88. The van der Waals surface area contributed by atoms with E-state index in [-0.39, 0.29) is 18.2 Å². The van der Waals surface area contributed by atoms with Crippen molar-refractivity contribution in [2.75, 3.05) is 0 Å². The van der Waals surface area contributed by atoms with E-state index >= 15 is 0 Å². The van der Waals surface area contributed by atoms with Crippen molar-refractivity contribution in [1.29, 1.82) is 0 Å². The van der Waals surface area contributed by atoms with Crippen LogP contribution in [0.1, 0.15) is 70.7 Å². The van der Waals surface area contributed by atoms with Crippen LogP contribution in [0.15, 0.2) is 12.4 Å². The summed E-state index contributed by atoms with van der Waals surface area (Å²) in [6.07, 6.45) is 7.50. The number of rotatable bonds is 3. The molecule has 6 nitrogen and oxygen atoms in total. The number of hydrogen-bond donors (Lipinski definition) is 2. The van der Waals surface area contributed by atoms with Crippen LogP contribution in [-0.4, -0.2) is 38.5 Å². The van der Waals surface area contributed by atoms with E-state index in [1.54, 1.807) is 0 Å². The number of alkyl carbamates (subject to hydrolysis) is 1. The van der Waals surface area contributed by atoms with Crippen molar-refractivity contribution in [3.8, 4) is 0 Å². The molecule has 128 valence electrons. The molecule has 2 N–H and O–H groups in total. The van der Waals surface area contributed by atoms with Gasteiger partial charge in [-0.25, -0.2) is 9.78 Å². The van der Waals surface area contributed by atoms with E-state index in [9.17, 15) is 9.90 Å². The quantitative estimate of drug-likeness (QED) is 0.897. The van der Waals surface area contributed by atoms with Crippen LogP contribution in [0, 0.1) is 0 Å². The first-order valence-electron chi connectivity index (χ1n) is 8.54. The van der Waals surface area contributed by atoms with Gasteiger partial charge in [-0.2, -0.15) is 0 Å². The van der Waals surface area contributed by atoms with Crippen LogP contribution in [0.2, 0.25) is 0 Å². The smallest absolute Gasteiger partial charge is 0.407 e. The van der Waals surface area contributed by atoms with E-state index in [1.807, 2.05) is 33.2 Å². The maximum atomic E-state index is 12.1. The maximum Gasteiger partial charge on any atom is 0.407 e. The third-order valence-electron chi connectivity index (χ3n) is 4.49. The van der Waals surface area contributed by atoms with Gasteiger partial charge in [0.1, 0.15) is 11.4 Å². The molecule has 23 heavy (non-hydrogen) atoms. The maximum absolute atomic E-state index is 12.1. The lowest BCUT2D eigenvalue weighted by Crippen LogP contribution is -2.47. The Morgan fingerprint density at radius 3 is 2.74 bits per heavy atom. The van der Waals surface area contributed by atoms with Crippen molar-refractivity contribution in [2.24, 2.45) is 0 Å². The second-order valence-electron chi connectivity index (χ2n) is 7.75. The molecule has 0 bridgehead atoms. The number of nitrogens with one attached hydrogen (secondary N) is 1. The van der Waals surface area contributed by atoms with E-state index < -0.39 is 11.7 Å². The van der Waals surface area contributed by atoms with Crippen LogP contribution in [-0.2, 0) is 4.74 Å². The molecule has 3 unspecified atom stereocenters. The summed E-state index contributed by atoms with van der Waals surface area (Å²) in [5.41, 5.74) is -0.512. The second kappa shape index (κ2) is 6.15. The van der Waals surface area contributed by atoms with Gasteiger partial charge >= 0.3 is 6.09 Å². The van der Waals surface area contributed by atoms with Gasteiger partial charge in [0, 0.05) is 18.3 Å². The largest absolute Gasteiger partial charge is 0.444 e. The number of carbonyl (C=O) groups excluding carboxylic acids is 1. The molecule has 1 amide bonds. The van der Waals surface area contributed by atoms with E-state index in [4.69, 9.17) is 4.74 Å². The van der Waals surface area contributed by atoms with Gasteiger partial charge in [0.2, 0.25) is 0 Å². The van der Waals surface area contributed by atoms with Crippen molar-refractivity contribution >= 4 is 6.09 Å². The predicted octanol–water partition coefficient (Wildman–Crippen LogP) is 2.74. The number of hydrogen-bond acceptors (Lipinski definition) is 4. The molecule has 2 fully saturated rings. The monoisotopic (exact) mass is 321 g/mol. The fraction of sp³-hybridized carbons (Fsp3) is 0.765. The van der Waals surface area contributed by atoms with Gasteiger partial charge in [-0.15, -0.1) is 0 Å². The Labute approximate surface area is 137 Å². The highest BCUT2D eigenvalue weighted by Crippen LogP contribution is 2.41. The molecule has 0 aromatic carbocycles. The van der Waals surface area contributed by atoms with Gasteiger partial charge < -0.3 is 19.7 Å². The Kier molecular flexibility index (Phi) is 4.36. The van der Waals surface area contributed by atoms with Gasteiger partial charge in [0.05, 0.1) is 18.2 Å². The normalized spacial score (nSPS) is 28.4. The minimum atomic E-state index is -0.512. The zero-order chi connectivity index (χ0) is 16.6. The number of amides is 1. The molecule has 0 aliphatic heterocycles. The summed E-state index contributed by atoms with van der Waals surface area (Å²) in [4.78, 5) is 16.6.